The maximum absolute atomic E-state index is 12.2. The lowest BCUT2D eigenvalue weighted by Crippen LogP contribution is -2.32. The summed E-state index contributed by atoms with van der Waals surface area (Å²) < 4.78 is 5.42. The van der Waals surface area contributed by atoms with E-state index in [9.17, 15) is 4.79 Å². The normalized spacial score (nSPS) is 19.9. The summed E-state index contributed by atoms with van der Waals surface area (Å²) in [5.41, 5.74) is 0. The molecule has 0 N–H and O–H groups in total. The molecule has 1 heterocycles. The first-order chi connectivity index (χ1) is 10.8. The van der Waals surface area contributed by atoms with Gasteiger partial charge in [0.15, 0.2) is 5.82 Å². The van der Waals surface area contributed by atoms with Gasteiger partial charge in [0, 0.05) is 18.4 Å². The molecule has 0 atom stereocenters. The molecule has 0 aromatic carbocycles. The minimum Gasteiger partial charge on any atom is -0.337 e. The smallest absolute Gasteiger partial charge is 0.246 e. The van der Waals surface area contributed by atoms with Crippen molar-refractivity contribution in [1.82, 2.24) is 15.0 Å². The summed E-state index contributed by atoms with van der Waals surface area (Å²) in [4.78, 5) is 18.6. The van der Waals surface area contributed by atoms with Crippen molar-refractivity contribution in [2.75, 3.05) is 5.75 Å². The second-order valence-corrected chi connectivity index (χ2v) is 6.91. The number of aromatic nitrogens is 2. The fourth-order valence-corrected chi connectivity index (χ4v) is 3.42. The molecule has 1 amide bonds. The van der Waals surface area contributed by atoms with Crippen molar-refractivity contribution in [3.63, 3.8) is 0 Å². The minimum absolute atomic E-state index is 0.145. The molecule has 0 saturated heterocycles. The lowest BCUT2D eigenvalue weighted by Gasteiger charge is -2.19. The molecule has 0 bridgehead atoms. The number of rotatable bonds is 6. The summed E-state index contributed by atoms with van der Waals surface area (Å²) in [6, 6.07) is 0.362. The average molecular weight is 323 g/mol. The second kappa shape index (κ2) is 7.49. The maximum Gasteiger partial charge on any atom is 0.246 e. The Morgan fingerprint density at radius 2 is 1.91 bits per heavy atom. The van der Waals surface area contributed by atoms with E-state index in [0.717, 1.165) is 31.5 Å². The summed E-state index contributed by atoms with van der Waals surface area (Å²) in [6.45, 7) is 0.455. The van der Waals surface area contributed by atoms with Crippen LogP contribution in [0.4, 0.5) is 0 Å². The Labute approximate surface area is 137 Å². The van der Waals surface area contributed by atoms with Crippen LogP contribution in [0.15, 0.2) is 4.52 Å². The van der Waals surface area contributed by atoms with Gasteiger partial charge in [0.25, 0.3) is 0 Å². The van der Waals surface area contributed by atoms with E-state index >= 15 is 0 Å². The highest BCUT2D eigenvalue weighted by Gasteiger charge is 2.33. The molecule has 2 aliphatic rings. The molecule has 0 spiro atoms. The highest BCUT2D eigenvalue weighted by atomic mass is 32.1. The summed E-state index contributed by atoms with van der Waals surface area (Å²) in [5.74, 6) is 2.58. The quantitative estimate of drug-likeness (QED) is 0.644. The van der Waals surface area contributed by atoms with Crippen molar-refractivity contribution in [3.8, 4) is 0 Å². The molecule has 1 aromatic rings. The standard InChI is InChI=1S/C16H25N3O2S/c20-15(9-10-22)19(13-7-8-13)11-14-17-16(18-21-14)12-5-3-1-2-4-6-12/h12-13,22H,1-11H2. The first-order valence-corrected chi connectivity index (χ1v) is 9.14. The Morgan fingerprint density at radius 1 is 1.18 bits per heavy atom. The van der Waals surface area contributed by atoms with Gasteiger partial charge in [0.05, 0.1) is 0 Å². The van der Waals surface area contributed by atoms with Gasteiger partial charge in [-0.25, -0.2) is 0 Å². The molecule has 5 nitrogen and oxygen atoms in total. The molecule has 6 heteroatoms. The third kappa shape index (κ3) is 4.03. The van der Waals surface area contributed by atoms with E-state index in [2.05, 4.69) is 22.8 Å². The highest BCUT2D eigenvalue weighted by molar-refractivity contribution is 7.80. The van der Waals surface area contributed by atoms with Crippen molar-refractivity contribution in [2.45, 2.75) is 76.3 Å². The number of amides is 1. The van der Waals surface area contributed by atoms with Crippen LogP contribution in [0.3, 0.4) is 0 Å². The molecule has 2 fully saturated rings. The predicted molar refractivity (Wildman–Crippen MR) is 86.8 cm³/mol. The maximum atomic E-state index is 12.2. The van der Waals surface area contributed by atoms with Crippen molar-refractivity contribution >= 4 is 18.5 Å². The lowest BCUT2D eigenvalue weighted by atomic mass is 10.00. The van der Waals surface area contributed by atoms with Gasteiger partial charge < -0.3 is 9.42 Å². The van der Waals surface area contributed by atoms with Crippen LogP contribution in [-0.2, 0) is 11.3 Å². The molecule has 0 radical (unpaired) electrons. The van der Waals surface area contributed by atoms with Crippen LogP contribution in [0.1, 0.15) is 75.4 Å². The SMILES string of the molecule is O=C(CCS)N(Cc1nc(C2CCCCCC2)no1)C1CC1. The van der Waals surface area contributed by atoms with Crippen molar-refractivity contribution in [1.29, 1.82) is 0 Å². The first kappa shape index (κ1) is 15.8. The fraction of sp³-hybridized carbons (Fsp3) is 0.812. The van der Waals surface area contributed by atoms with E-state index in [1.807, 2.05) is 4.90 Å². The van der Waals surface area contributed by atoms with Gasteiger partial charge in [-0.05, 0) is 31.4 Å². The van der Waals surface area contributed by atoms with E-state index in [1.54, 1.807) is 0 Å². The van der Waals surface area contributed by atoms with E-state index in [4.69, 9.17) is 4.52 Å². The van der Waals surface area contributed by atoms with Crippen LogP contribution < -0.4 is 0 Å². The summed E-state index contributed by atoms with van der Waals surface area (Å²) in [5, 5.41) is 4.18. The zero-order valence-electron chi connectivity index (χ0n) is 13.0. The highest BCUT2D eigenvalue weighted by Crippen LogP contribution is 2.31. The Kier molecular flexibility index (Phi) is 5.39. The van der Waals surface area contributed by atoms with E-state index in [0.29, 0.717) is 36.6 Å². The van der Waals surface area contributed by atoms with Gasteiger partial charge >= 0.3 is 0 Å². The van der Waals surface area contributed by atoms with Crippen LogP contribution in [0, 0.1) is 0 Å². The van der Waals surface area contributed by atoms with Crippen LogP contribution >= 0.6 is 12.6 Å². The predicted octanol–water partition coefficient (Wildman–Crippen LogP) is 3.32. The zero-order chi connectivity index (χ0) is 15.4. The molecule has 0 unspecified atom stereocenters. The van der Waals surface area contributed by atoms with Crippen LogP contribution in [-0.4, -0.2) is 32.7 Å². The molecule has 1 aromatic heterocycles. The van der Waals surface area contributed by atoms with Gasteiger partial charge in [0.2, 0.25) is 11.8 Å². The fourth-order valence-electron chi connectivity index (χ4n) is 3.23. The number of carbonyl (C=O) groups is 1. The molecule has 3 rings (SSSR count). The van der Waals surface area contributed by atoms with E-state index in [-0.39, 0.29) is 5.91 Å². The minimum atomic E-state index is 0.145. The van der Waals surface area contributed by atoms with Crippen LogP contribution in [0.2, 0.25) is 0 Å². The number of thiol groups is 1. The summed E-state index contributed by atoms with van der Waals surface area (Å²) >= 11 is 4.15. The molecule has 2 aliphatic carbocycles. The number of carbonyl (C=O) groups excluding carboxylic acids is 1. The Morgan fingerprint density at radius 3 is 2.55 bits per heavy atom. The second-order valence-electron chi connectivity index (χ2n) is 6.46. The van der Waals surface area contributed by atoms with Crippen molar-refractivity contribution < 1.29 is 9.32 Å². The lowest BCUT2D eigenvalue weighted by molar-refractivity contribution is -0.132. The molecule has 122 valence electrons. The summed E-state index contributed by atoms with van der Waals surface area (Å²) in [6.07, 6.45) is 10.1. The molecule has 0 aliphatic heterocycles. The number of hydrogen-bond acceptors (Lipinski definition) is 5. The molecule has 22 heavy (non-hydrogen) atoms. The van der Waals surface area contributed by atoms with E-state index in [1.165, 1.54) is 25.7 Å². The van der Waals surface area contributed by atoms with E-state index < -0.39 is 0 Å². The zero-order valence-corrected chi connectivity index (χ0v) is 13.9. The van der Waals surface area contributed by atoms with Gasteiger partial charge in [-0.3, -0.25) is 4.79 Å². The monoisotopic (exact) mass is 323 g/mol. The Bertz CT molecular complexity index is 493. The van der Waals surface area contributed by atoms with Gasteiger partial charge in [0.1, 0.15) is 6.54 Å². The average Bonchev–Trinajstić information content (AvgIpc) is 3.30. The molecular formula is C16H25N3O2S. The third-order valence-electron chi connectivity index (χ3n) is 4.64. The largest absolute Gasteiger partial charge is 0.337 e. The van der Waals surface area contributed by atoms with Crippen LogP contribution in [0.5, 0.6) is 0 Å². The topological polar surface area (TPSA) is 59.2 Å². The van der Waals surface area contributed by atoms with Crippen LogP contribution in [0.25, 0.3) is 0 Å². The number of hydrogen-bond donors (Lipinski definition) is 1. The first-order valence-electron chi connectivity index (χ1n) is 8.50. The molecular weight excluding hydrogens is 298 g/mol. The third-order valence-corrected chi connectivity index (χ3v) is 4.87. The molecule has 2 saturated carbocycles. The van der Waals surface area contributed by atoms with Gasteiger partial charge in [-0.15, -0.1) is 0 Å². The summed E-state index contributed by atoms with van der Waals surface area (Å²) in [7, 11) is 0. The van der Waals surface area contributed by atoms with Gasteiger partial charge in [-0.1, -0.05) is 30.8 Å². The van der Waals surface area contributed by atoms with Gasteiger partial charge in [-0.2, -0.15) is 17.6 Å². The number of nitrogens with zero attached hydrogens (tertiary/aromatic N) is 3. The Hall–Kier alpha value is -1.04. The Balaban J connectivity index is 1.63. The van der Waals surface area contributed by atoms with Crippen molar-refractivity contribution in [3.05, 3.63) is 11.7 Å². The van der Waals surface area contributed by atoms with Crippen molar-refractivity contribution in [2.24, 2.45) is 0 Å².